The summed E-state index contributed by atoms with van der Waals surface area (Å²) in [6.45, 7) is 4.79. The maximum absolute atomic E-state index is 2.69. The van der Waals surface area contributed by atoms with Crippen molar-refractivity contribution >= 4 is 50.6 Å². The molecule has 1 aliphatic rings. The van der Waals surface area contributed by atoms with Crippen LogP contribution in [0.5, 0.6) is 0 Å². The van der Waals surface area contributed by atoms with Gasteiger partial charge in [0.2, 0.25) is 0 Å². The number of aromatic nitrogens is 1. The lowest BCUT2D eigenvalue weighted by Crippen LogP contribution is -2.74. The minimum Gasteiger partial charge on any atom is -0.309 e. The molecule has 1 nitrogen and oxygen atoms in total. The lowest BCUT2D eigenvalue weighted by atomic mass is 9.81. The van der Waals surface area contributed by atoms with Crippen molar-refractivity contribution in [2.45, 2.75) is 19.3 Å². The van der Waals surface area contributed by atoms with E-state index < -0.39 is 8.07 Å². The van der Waals surface area contributed by atoms with Gasteiger partial charge in [-0.05, 0) is 61.2 Å². The van der Waals surface area contributed by atoms with Crippen LogP contribution in [-0.4, -0.2) is 12.6 Å². The van der Waals surface area contributed by atoms with Gasteiger partial charge in [0.25, 0.3) is 0 Å². The van der Waals surface area contributed by atoms with E-state index in [1.807, 2.05) is 0 Å². The topological polar surface area (TPSA) is 4.93 Å². The molecule has 1 heterocycles. The molecule has 1 aliphatic carbocycles. The van der Waals surface area contributed by atoms with Crippen molar-refractivity contribution in [1.29, 1.82) is 0 Å². The van der Waals surface area contributed by atoms with Crippen LogP contribution in [0.1, 0.15) is 25.0 Å². The molecule has 224 valence electrons. The summed E-state index contributed by atoms with van der Waals surface area (Å²) in [5.41, 5.74) is 9.13. The number of hydrogen-bond acceptors (Lipinski definition) is 0. The molecule has 1 aromatic heterocycles. The number of benzene rings is 7. The van der Waals surface area contributed by atoms with Crippen LogP contribution in [0, 0.1) is 0 Å². The Morgan fingerprint density at radius 1 is 0.447 bits per heavy atom. The van der Waals surface area contributed by atoms with E-state index in [-0.39, 0.29) is 5.41 Å². The zero-order valence-electron chi connectivity index (χ0n) is 26.7. The van der Waals surface area contributed by atoms with Crippen LogP contribution in [0.2, 0.25) is 0 Å². The molecule has 47 heavy (non-hydrogen) atoms. The summed E-state index contributed by atoms with van der Waals surface area (Å²) in [6, 6.07) is 65.7. The van der Waals surface area contributed by atoms with E-state index in [0.29, 0.717) is 0 Å². The molecule has 8 aromatic rings. The second-order valence-electron chi connectivity index (χ2n) is 13.3. The molecule has 0 fully saturated rings. The molecule has 0 N–H and O–H groups in total. The normalized spacial score (nSPS) is 13.5. The van der Waals surface area contributed by atoms with Crippen LogP contribution < -0.4 is 20.7 Å². The van der Waals surface area contributed by atoms with Crippen molar-refractivity contribution in [3.8, 4) is 16.8 Å². The molecule has 7 aromatic carbocycles. The van der Waals surface area contributed by atoms with Crippen molar-refractivity contribution < 1.29 is 0 Å². The first-order valence-electron chi connectivity index (χ1n) is 16.5. The Hall–Kier alpha value is -5.44. The zero-order valence-corrected chi connectivity index (χ0v) is 27.7. The predicted octanol–water partition coefficient (Wildman–Crippen LogP) is 8.47. The lowest BCUT2D eigenvalue weighted by molar-refractivity contribution is 0.664. The van der Waals surface area contributed by atoms with Gasteiger partial charge in [-0.2, -0.15) is 0 Å². The quantitative estimate of drug-likeness (QED) is 0.135. The highest BCUT2D eigenvalue weighted by atomic mass is 28.3. The van der Waals surface area contributed by atoms with Gasteiger partial charge in [-0.25, -0.2) is 0 Å². The van der Waals surface area contributed by atoms with Crippen LogP contribution in [0.4, 0.5) is 0 Å². The fraction of sp³-hybridized carbons (Fsp3) is 0.0667. The van der Waals surface area contributed by atoms with Gasteiger partial charge in [-0.15, -0.1) is 0 Å². The first-order chi connectivity index (χ1) is 23.1. The van der Waals surface area contributed by atoms with Gasteiger partial charge >= 0.3 is 0 Å². The van der Waals surface area contributed by atoms with Crippen LogP contribution in [0.15, 0.2) is 176 Å². The molecule has 2 heteroatoms. The molecule has 9 rings (SSSR count). The van der Waals surface area contributed by atoms with E-state index in [2.05, 4.69) is 194 Å². The summed E-state index contributed by atoms with van der Waals surface area (Å²) >= 11 is 0. The molecule has 0 bridgehead atoms. The Bertz CT molecular complexity index is 2320. The molecule has 0 aliphatic heterocycles. The summed E-state index contributed by atoms with van der Waals surface area (Å²) in [6.07, 6.45) is 0. The molecule has 0 saturated carbocycles. The minimum atomic E-state index is -2.69. The third kappa shape index (κ3) is 3.95. The zero-order chi connectivity index (χ0) is 31.6. The molecule has 0 spiro atoms. The van der Waals surface area contributed by atoms with Gasteiger partial charge in [0.15, 0.2) is 8.07 Å². The van der Waals surface area contributed by atoms with E-state index in [9.17, 15) is 0 Å². The van der Waals surface area contributed by atoms with Gasteiger partial charge in [0.1, 0.15) is 0 Å². The van der Waals surface area contributed by atoms with E-state index in [1.54, 1.807) is 0 Å². The summed E-state index contributed by atoms with van der Waals surface area (Å²) < 4.78 is 2.56. The molecular formula is C45H35NSi. The highest BCUT2D eigenvalue weighted by molar-refractivity contribution is 7.19. The fourth-order valence-electron chi connectivity index (χ4n) is 8.52. The van der Waals surface area contributed by atoms with Crippen LogP contribution in [0.3, 0.4) is 0 Å². The van der Waals surface area contributed by atoms with E-state index >= 15 is 0 Å². The van der Waals surface area contributed by atoms with E-state index in [4.69, 9.17) is 0 Å². The smallest absolute Gasteiger partial charge is 0.179 e. The third-order valence-corrected chi connectivity index (χ3v) is 15.3. The fourth-order valence-corrected chi connectivity index (χ4v) is 13.3. The molecular weight excluding hydrogens is 583 g/mol. The van der Waals surface area contributed by atoms with E-state index in [1.165, 1.54) is 70.5 Å². The van der Waals surface area contributed by atoms with Crippen LogP contribution in [-0.2, 0) is 5.41 Å². The second-order valence-corrected chi connectivity index (χ2v) is 17.1. The first kappa shape index (κ1) is 27.8. The third-order valence-electron chi connectivity index (χ3n) is 10.5. The molecule has 0 radical (unpaired) electrons. The van der Waals surface area contributed by atoms with Gasteiger partial charge in [-0.3, -0.25) is 0 Å². The Morgan fingerprint density at radius 3 is 1.66 bits per heavy atom. The van der Waals surface area contributed by atoms with Crippen molar-refractivity contribution in [2.75, 3.05) is 0 Å². The van der Waals surface area contributed by atoms with Crippen LogP contribution >= 0.6 is 0 Å². The summed E-state index contributed by atoms with van der Waals surface area (Å²) in [5.74, 6) is 0. The van der Waals surface area contributed by atoms with Crippen molar-refractivity contribution in [3.63, 3.8) is 0 Å². The Balaban J connectivity index is 1.39. The highest BCUT2D eigenvalue weighted by Crippen LogP contribution is 2.52. The van der Waals surface area contributed by atoms with Gasteiger partial charge in [-0.1, -0.05) is 172 Å². The molecule has 0 saturated heterocycles. The van der Waals surface area contributed by atoms with Crippen molar-refractivity contribution in [1.82, 2.24) is 4.57 Å². The second kappa shape index (κ2) is 10.6. The maximum Gasteiger partial charge on any atom is 0.179 e. The summed E-state index contributed by atoms with van der Waals surface area (Å²) in [4.78, 5) is 0. The number of rotatable bonds is 5. The Labute approximate surface area is 277 Å². The molecule has 0 unspecified atom stereocenters. The number of fused-ring (bicyclic) bond motifs is 7. The monoisotopic (exact) mass is 617 g/mol. The first-order valence-corrected chi connectivity index (χ1v) is 18.5. The van der Waals surface area contributed by atoms with Crippen molar-refractivity contribution in [2.24, 2.45) is 0 Å². The molecule has 0 atom stereocenters. The van der Waals surface area contributed by atoms with Gasteiger partial charge < -0.3 is 4.57 Å². The maximum atomic E-state index is 2.56. The van der Waals surface area contributed by atoms with Gasteiger partial charge in [0, 0.05) is 21.9 Å². The SMILES string of the molecule is CC1(C)c2ccccc2-c2ccc3c4ccccc4n(-c4cccc([Si](c5ccccc5)(c5ccccc5)c5ccccc5)c4)c3c21. The predicted molar refractivity (Wildman–Crippen MR) is 202 cm³/mol. The largest absolute Gasteiger partial charge is 0.309 e. The van der Waals surface area contributed by atoms with Crippen molar-refractivity contribution in [3.05, 3.63) is 187 Å². The number of hydrogen-bond donors (Lipinski definition) is 0. The average molecular weight is 618 g/mol. The minimum absolute atomic E-state index is 0.133. The number of nitrogens with zero attached hydrogens (tertiary/aromatic N) is 1. The lowest BCUT2D eigenvalue weighted by Gasteiger charge is -2.34. The van der Waals surface area contributed by atoms with E-state index in [0.717, 1.165) is 0 Å². The summed E-state index contributed by atoms with van der Waals surface area (Å²) in [5, 5.41) is 8.13. The van der Waals surface area contributed by atoms with Crippen LogP contribution in [0.25, 0.3) is 38.6 Å². The van der Waals surface area contributed by atoms with Gasteiger partial charge in [0.05, 0.1) is 11.0 Å². The average Bonchev–Trinajstić information content (AvgIpc) is 3.59. The highest BCUT2D eigenvalue weighted by Gasteiger charge is 2.42. The Kier molecular flexibility index (Phi) is 6.25. The standard InChI is InChI=1S/C45H35NSi/c1-45(2)41-27-14-12-25-37(41)39-29-30-40-38-26-13-15-28-42(38)46(44(40)43(39)45)32-17-16-24-36(31-32)47(33-18-6-3-7-19-33,34-20-8-4-9-21-34)35-22-10-5-11-23-35/h3-31H,1-2H3. The molecule has 0 amide bonds. The summed E-state index contributed by atoms with van der Waals surface area (Å²) in [7, 11) is -2.69. The number of para-hydroxylation sites is 1. The Morgan fingerprint density at radius 2 is 1.00 bits per heavy atom.